The van der Waals surface area contributed by atoms with E-state index in [1.54, 1.807) is 6.07 Å². The smallest absolute Gasteiger partial charge is 0.340 e. The van der Waals surface area contributed by atoms with Gasteiger partial charge >= 0.3 is 5.97 Å². The maximum absolute atomic E-state index is 12.0. The summed E-state index contributed by atoms with van der Waals surface area (Å²) in [6.07, 6.45) is 0. The average molecular weight is 409 g/mol. The van der Waals surface area contributed by atoms with Crippen molar-refractivity contribution in [3.63, 3.8) is 0 Å². The van der Waals surface area contributed by atoms with Crippen molar-refractivity contribution in [1.82, 2.24) is 5.32 Å². The lowest BCUT2D eigenvalue weighted by atomic mass is 10.1. The minimum atomic E-state index is -0.758. The third kappa shape index (κ3) is 5.98. The van der Waals surface area contributed by atoms with Crippen molar-refractivity contribution in [3.8, 4) is 0 Å². The molecule has 2 rings (SSSR count). The number of carbonyl (C=O) groups excluding carboxylic acids is 3. The van der Waals surface area contributed by atoms with Gasteiger partial charge in [-0.25, -0.2) is 4.79 Å². The number of hydrogen-bond acceptors (Lipinski definition) is 4. The molecule has 0 aliphatic heterocycles. The van der Waals surface area contributed by atoms with Gasteiger partial charge in [-0.15, -0.1) is 0 Å². The van der Waals surface area contributed by atoms with Crippen LogP contribution in [0.2, 0.25) is 10.0 Å². The Kier molecular flexibility index (Phi) is 7.21. The maximum Gasteiger partial charge on any atom is 0.340 e. The highest BCUT2D eigenvalue weighted by atomic mass is 35.5. The van der Waals surface area contributed by atoms with Crippen LogP contribution in [0.4, 0.5) is 5.69 Å². The molecule has 0 radical (unpaired) electrons. The fourth-order valence-electron chi connectivity index (χ4n) is 2.17. The second-order valence-corrected chi connectivity index (χ2v) is 6.62. The van der Waals surface area contributed by atoms with E-state index in [0.717, 1.165) is 11.1 Å². The molecule has 0 spiro atoms. The van der Waals surface area contributed by atoms with Gasteiger partial charge in [-0.3, -0.25) is 9.59 Å². The van der Waals surface area contributed by atoms with Crippen molar-refractivity contribution >= 4 is 46.7 Å². The molecule has 27 heavy (non-hydrogen) atoms. The van der Waals surface area contributed by atoms with Gasteiger partial charge in [0.25, 0.3) is 5.91 Å². The number of esters is 1. The van der Waals surface area contributed by atoms with Gasteiger partial charge in [-0.05, 0) is 49.2 Å². The first-order valence-electron chi connectivity index (χ1n) is 8.03. The Hall–Kier alpha value is -2.57. The minimum absolute atomic E-state index is 0.0986. The lowest BCUT2D eigenvalue weighted by molar-refractivity contribution is -0.126. The summed E-state index contributed by atoms with van der Waals surface area (Å²) in [7, 11) is 0. The van der Waals surface area contributed by atoms with Crippen LogP contribution in [0.5, 0.6) is 0 Å². The van der Waals surface area contributed by atoms with E-state index in [4.69, 9.17) is 27.9 Å². The topological polar surface area (TPSA) is 84.5 Å². The molecule has 2 aromatic carbocycles. The molecule has 0 heterocycles. The monoisotopic (exact) mass is 408 g/mol. The Labute approximate surface area is 166 Å². The summed E-state index contributed by atoms with van der Waals surface area (Å²) in [5, 5.41) is 5.61. The minimum Gasteiger partial charge on any atom is -0.452 e. The molecule has 2 N–H and O–H groups in total. The molecule has 2 aromatic rings. The van der Waals surface area contributed by atoms with Crippen molar-refractivity contribution in [3.05, 3.63) is 63.1 Å². The Balaban J connectivity index is 1.79. The quantitative estimate of drug-likeness (QED) is 0.716. The second-order valence-electron chi connectivity index (χ2n) is 5.77. The molecule has 0 saturated carbocycles. The number of halogens is 2. The summed E-state index contributed by atoms with van der Waals surface area (Å²) in [6.45, 7) is 3.05. The summed E-state index contributed by atoms with van der Waals surface area (Å²) in [4.78, 5) is 35.6. The standard InChI is InChI=1S/C19H18Cl2N2O4/c1-11-4-3-5-16(12(11)2)23-17(24)9-22-18(25)10-27-19(26)14-7-6-13(20)8-15(14)21/h3-8H,9-10H2,1-2H3,(H,22,25)(H,23,24). The van der Waals surface area contributed by atoms with Crippen LogP contribution in [0.25, 0.3) is 0 Å². The van der Waals surface area contributed by atoms with Crippen molar-refractivity contribution in [2.24, 2.45) is 0 Å². The molecule has 142 valence electrons. The van der Waals surface area contributed by atoms with Gasteiger partial charge in [-0.2, -0.15) is 0 Å². The summed E-state index contributed by atoms with van der Waals surface area (Å²) in [5.41, 5.74) is 2.77. The summed E-state index contributed by atoms with van der Waals surface area (Å²) in [5.74, 6) is -1.75. The van der Waals surface area contributed by atoms with Gasteiger partial charge in [0.2, 0.25) is 5.91 Å². The van der Waals surface area contributed by atoms with Gasteiger partial charge in [0.05, 0.1) is 17.1 Å². The second kappa shape index (κ2) is 9.39. The van der Waals surface area contributed by atoms with Crippen molar-refractivity contribution in [1.29, 1.82) is 0 Å². The molecule has 0 atom stereocenters. The number of benzene rings is 2. The number of amides is 2. The highest BCUT2D eigenvalue weighted by Gasteiger charge is 2.14. The van der Waals surface area contributed by atoms with Crippen LogP contribution in [-0.4, -0.2) is 30.9 Å². The van der Waals surface area contributed by atoms with E-state index in [-0.39, 0.29) is 23.0 Å². The largest absolute Gasteiger partial charge is 0.452 e. The molecule has 0 aromatic heterocycles. The van der Waals surface area contributed by atoms with Crippen molar-refractivity contribution < 1.29 is 19.1 Å². The van der Waals surface area contributed by atoms with Crippen LogP contribution in [0, 0.1) is 13.8 Å². The lowest BCUT2D eigenvalue weighted by Gasteiger charge is -2.11. The highest BCUT2D eigenvalue weighted by molar-refractivity contribution is 6.36. The van der Waals surface area contributed by atoms with Crippen LogP contribution in [0.15, 0.2) is 36.4 Å². The van der Waals surface area contributed by atoms with E-state index in [1.807, 2.05) is 26.0 Å². The lowest BCUT2D eigenvalue weighted by Crippen LogP contribution is -2.35. The first-order chi connectivity index (χ1) is 12.8. The highest BCUT2D eigenvalue weighted by Crippen LogP contribution is 2.21. The summed E-state index contributed by atoms with van der Waals surface area (Å²) >= 11 is 11.7. The molecule has 0 unspecified atom stereocenters. The Bertz CT molecular complexity index is 884. The van der Waals surface area contributed by atoms with Crippen molar-refractivity contribution in [2.75, 3.05) is 18.5 Å². The number of rotatable bonds is 6. The summed E-state index contributed by atoms with van der Waals surface area (Å²) < 4.78 is 4.89. The zero-order valence-corrected chi connectivity index (χ0v) is 16.3. The average Bonchev–Trinajstić information content (AvgIpc) is 2.62. The van der Waals surface area contributed by atoms with Gasteiger partial charge < -0.3 is 15.4 Å². The first-order valence-corrected chi connectivity index (χ1v) is 8.78. The molecule has 0 aliphatic rings. The SMILES string of the molecule is Cc1cccc(NC(=O)CNC(=O)COC(=O)c2ccc(Cl)cc2Cl)c1C. The number of ether oxygens (including phenoxy) is 1. The van der Waals surface area contributed by atoms with E-state index in [0.29, 0.717) is 10.7 Å². The molecule has 0 fully saturated rings. The van der Waals surface area contributed by atoms with Crippen LogP contribution in [-0.2, 0) is 14.3 Å². The number of aryl methyl sites for hydroxylation is 1. The molecule has 8 heteroatoms. The third-order valence-corrected chi connectivity index (χ3v) is 4.36. The third-order valence-electron chi connectivity index (χ3n) is 3.81. The first kappa shape index (κ1) is 20.7. The van der Waals surface area contributed by atoms with Crippen LogP contribution >= 0.6 is 23.2 Å². The Morgan fingerprint density at radius 3 is 2.48 bits per heavy atom. The Morgan fingerprint density at radius 2 is 1.78 bits per heavy atom. The van der Waals surface area contributed by atoms with Gasteiger partial charge in [-0.1, -0.05) is 35.3 Å². The number of hydrogen-bond donors (Lipinski definition) is 2. The van der Waals surface area contributed by atoms with Crippen molar-refractivity contribution in [2.45, 2.75) is 13.8 Å². The molecule has 2 amide bonds. The van der Waals surface area contributed by atoms with Gasteiger partial charge in [0.15, 0.2) is 6.61 Å². The predicted molar refractivity (Wildman–Crippen MR) is 104 cm³/mol. The molecule has 0 saturated heterocycles. The fourth-order valence-corrected chi connectivity index (χ4v) is 2.66. The number of carbonyl (C=O) groups is 3. The molecule has 0 aliphatic carbocycles. The van der Waals surface area contributed by atoms with Crippen LogP contribution < -0.4 is 10.6 Å². The van der Waals surface area contributed by atoms with Gasteiger partial charge in [0.1, 0.15) is 0 Å². The van der Waals surface area contributed by atoms with E-state index in [9.17, 15) is 14.4 Å². The van der Waals surface area contributed by atoms with E-state index >= 15 is 0 Å². The summed E-state index contributed by atoms with van der Waals surface area (Å²) in [6, 6.07) is 9.84. The van der Waals surface area contributed by atoms with E-state index in [2.05, 4.69) is 10.6 Å². The predicted octanol–water partition coefficient (Wildman–Crippen LogP) is 3.52. The fraction of sp³-hybridized carbons (Fsp3) is 0.211. The normalized spacial score (nSPS) is 10.2. The van der Waals surface area contributed by atoms with E-state index in [1.165, 1.54) is 18.2 Å². The van der Waals surface area contributed by atoms with Gasteiger partial charge in [0, 0.05) is 10.7 Å². The zero-order chi connectivity index (χ0) is 20.0. The molecular weight excluding hydrogens is 391 g/mol. The Morgan fingerprint density at radius 1 is 1.04 bits per heavy atom. The molecular formula is C19H18Cl2N2O4. The maximum atomic E-state index is 12.0. The molecule has 6 nitrogen and oxygen atoms in total. The molecule has 0 bridgehead atoms. The van der Waals surface area contributed by atoms with E-state index < -0.39 is 18.5 Å². The zero-order valence-electron chi connectivity index (χ0n) is 14.8. The number of nitrogens with one attached hydrogen (secondary N) is 2. The van der Waals surface area contributed by atoms with Crippen LogP contribution in [0.1, 0.15) is 21.5 Å². The van der Waals surface area contributed by atoms with Crippen LogP contribution in [0.3, 0.4) is 0 Å². The number of anilines is 1.